The number of amides is 1. The van der Waals surface area contributed by atoms with Crippen LogP contribution in [0.5, 0.6) is 0 Å². The Balaban J connectivity index is 1.73. The maximum absolute atomic E-state index is 12.8. The Labute approximate surface area is 137 Å². The zero-order valence-electron chi connectivity index (χ0n) is 13.9. The first kappa shape index (κ1) is 16.5. The van der Waals surface area contributed by atoms with E-state index in [-0.39, 0.29) is 29.4 Å². The summed E-state index contributed by atoms with van der Waals surface area (Å²) in [6, 6.07) is 2.16. The van der Waals surface area contributed by atoms with E-state index in [4.69, 9.17) is 0 Å². The second-order valence-corrected chi connectivity index (χ2v) is 9.12. The zero-order chi connectivity index (χ0) is 16.6. The van der Waals surface area contributed by atoms with E-state index >= 15 is 0 Å². The number of hydrogen-bond acceptors (Lipinski definition) is 4. The van der Waals surface area contributed by atoms with Gasteiger partial charge in [-0.1, -0.05) is 0 Å². The number of nitrogens with zero attached hydrogens (tertiary/aromatic N) is 3. The Hall–Kier alpha value is -1.37. The first-order chi connectivity index (χ1) is 10.9. The lowest BCUT2D eigenvalue weighted by atomic mass is 9.98. The predicted molar refractivity (Wildman–Crippen MR) is 87.8 cm³/mol. The van der Waals surface area contributed by atoms with Gasteiger partial charge >= 0.3 is 0 Å². The van der Waals surface area contributed by atoms with Crippen molar-refractivity contribution in [3.63, 3.8) is 0 Å². The van der Waals surface area contributed by atoms with Gasteiger partial charge in [-0.05, 0) is 45.6 Å². The molecule has 0 spiro atoms. The van der Waals surface area contributed by atoms with Crippen LogP contribution in [0.2, 0.25) is 0 Å². The van der Waals surface area contributed by atoms with E-state index in [0.29, 0.717) is 13.0 Å². The van der Waals surface area contributed by atoms with E-state index in [1.807, 2.05) is 29.5 Å². The molecule has 1 amide bonds. The summed E-state index contributed by atoms with van der Waals surface area (Å²) < 4.78 is 25.3. The number of rotatable bonds is 3. The van der Waals surface area contributed by atoms with Crippen molar-refractivity contribution in [1.82, 2.24) is 14.7 Å². The number of hydrogen-bond donors (Lipinski definition) is 0. The minimum Gasteiger partial charge on any atom is -0.338 e. The van der Waals surface area contributed by atoms with Gasteiger partial charge < -0.3 is 4.90 Å². The summed E-state index contributed by atoms with van der Waals surface area (Å²) in [6.07, 6.45) is 3.55. The molecule has 2 saturated heterocycles. The van der Waals surface area contributed by atoms with Crippen molar-refractivity contribution >= 4 is 15.7 Å². The molecule has 1 aromatic heterocycles. The highest BCUT2D eigenvalue weighted by Crippen LogP contribution is 2.26. The van der Waals surface area contributed by atoms with Crippen LogP contribution in [0.4, 0.5) is 0 Å². The molecule has 0 saturated carbocycles. The summed E-state index contributed by atoms with van der Waals surface area (Å²) in [5.74, 6) is -0.146. The molecule has 0 unspecified atom stereocenters. The molecule has 0 radical (unpaired) electrons. The fourth-order valence-corrected chi connectivity index (χ4v) is 5.50. The normalized spacial score (nSPS) is 27.3. The molecule has 2 atom stereocenters. The van der Waals surface area contributed by atoms with Crippen LogP contribution in [0.25, 0.3) is 0 Å². The van der Waals surface area contributed by atoms with Crippen LogP contribution < -0.4 is 0 Å². The molecular weight excluding hydrogens is 314 g/mol. The van der Waals surface area contributed by atoms with E-state index in [2.05, 4.69) is 5.10 Å². The molecule has 3 rings (SSSR count). The van der Waals surface area contributed by atoms with Crippen molar-refractivity contribution in [1.29, 1.82) is 0 Å². The highest BCUT2D eigenvalue weighted by molar-refractivity contribution is 7.91. The van der Waals surface area contributed by atoms with Gasteiger partial charge in [0.25, 0.3) is 0 Å². The van der Waals surface area contributed by atoms with E-state index in [1.54, 1.807) is 0 Å². The Morgan fingerprint density at radius 2 is 2.09 bits per heavy atom. The Kier molecular flexibility index (Phi) is 4.49. The lowest BCUT2D eigenvalue weighted by molar-refractivity contribution is -0.138. The third-order valence-corrected chi connectivity index (χ3v) is 6.75. The molecule has 2 aliphatic heterocycles. The van der Waals surface area contributed by atoms with Crippen LogP contribution >= 0.6 is 0 Å². The van der Waals surface area contributed by atoms with Crippen LogP contribution in [-0.4, -0.2) is 53.1 Å². The van der Waals surface area contributed by atoms with Crippen molar-refractivity contribution in [2.45, 2.75) is 52.1 Å². The lowest BCUT2D eigenvalue weighted by Gasteiger charge is -2.37. The van der Waals surface area contributed by atoms with Crippen molar-refractivity contribution in [3.8, 4) is 0 Å². The monoisotopic (exact) mass is 339 g/mol. The molecule has 6 nitrogen and oxygen atoms in total. The largest absolute Gasteiger partial charge is 0.338 e. The maximum atomic E-state index is 12.8. The third-order valence-electron chi connectivity index (χ3n) is 4.98. The average molecular weight is 339 g/mol. The van der Waals surface area contributed by atoms with Crippen LogP contribution in [-0.2, 0) is 21.2 Å². The van der Waals surface area contributed by atoms with Crippen LogP contribution in [0.15, 0.2) is 6.07 Å². The molecule has 0 N–H and O–H groups in total. The molecule has 0 bridgehead atoms. The van der Waals surface area contributed by atoms with Crippen molar-refractivity contribution in [2.75, 3.05) is 18.1 Å². The number of aromatic nitrogens is 2. The first-order valence-corrected chi connectivity index (χ1v) is 10.2. The van der Waals surface area contributed by atoms with Gasteiger partial charge in [-0.15, -0.1) is 0 Å². The van der Waals surface area contributed by atoms with Crippen LogP contribution in [0.1, 0.15) is 37.1 Å². The zero-order valence-corrected chi connectivity index (χ0v) is 14.7. The van der Waals surface area contributed by atoms with Crippen LogP contribution in [0.3, 0.4) is 0 Å². The summed E-state index contributed by atoms with van der Waals surface area (Å²) in [6.45, 7) is 5.43. The highest BCUT2D eigenvalue weighted by Gasteiger charge is 2.38. The number of aryl methyl sites for hydroxylation is 2. The van der Waals surface area contributed by atoms with Crippen molar-refractivity contribution < 1.29 is 13.2 Å². The van der Waals surface area contributed by atoms with Gasteiger partial charge in [0.2, 0.25) is 5.91 Å². The van der Waals surface area contributed by atoms with Gasteiger partial charge in [-0.25, -0.2) is 8.42 Å². The summed E-state index contributed by atoms with van der Waals surface area (Å²) in [5, 5.41) is 4.50. The maximum Gasteiger partial charge on any atom is 0.227 e. The Bertz CT molecular complexity index is 695. The second-order valence-electron chi connectivity index (χ2n) is 6.89. The fourth-order valence-electron chi connectivity index (χ4n) is 3.76. The average Bonchev–Trinajstić information content (AvgIpc) is 3.01. The molecule has 2 fully saturated rings. The van der Waals surface area contributed by atoms with Crippen molar-refractivity contribution in [3.05, 3.63) is 17.5 Å². The van der Waals surface area contributed by atoms with E-state index in [1.165, 1.54) is 0 Å². The van der Waals surface area contributed by atoms with Gasteiger partial charge in [-0.3, -0.25) is 9.48 Å². The predicted octanol–water partition coefficient (Wildman–Crippen LogP) is 1.32. The van der Waals surface area contributed by atoms with Gasteiger partial charge in [-0.2, -0.15) is 5.10 Å². The van der Waals surface area contributed by atoms with Gasteiger partial charge in [0.1, 0.15) is 0 Å². The van der Waals surface area contributed by atoms with Crippen molar-refractivity contribution in [2.24, 2.45) is 5.92 Å². The molecule has 128 valence electrons. The molecule has 23 heavy (non-hydrogen) atoms. The minimum absolute atomic E-state index is 0.0228. The number of carbonyl (C=O) groups excluding carboxylic acids is 1. The smallest absolute Gasteiger partial charge is 0.227 e. The van der Waals surface area contributed by atoms with E-state index < -0.39 is 9.84 Å². The van der Waals surface area contributed by atoms with Gasteiger partial charge in [0, 0.05) is 12.2 Å². The summed E-state index contributed by atoms with van der Waals surface area (Å²) in [7, 11) is -3.02. The SMILES string of the molecule is Cc1cc(C)n(C[C@H]2CCCCN2C(=O)[C@@H]2CCS(=O)(=O)C2)n1. The Morgan fingerprint density at radius 3 is 2.70 bits per heavy atom. The highest BCUT2D eigenvalue weighted by atomic mass is 32.2. The second kappa shape index (κ2) is 6.26. The summed E-state index contributed by atoms with van der Waals surface area (Å²) >= 11 is 0. The lowest BCUT2D eigenvalue weighted by Crippen LogP contribution is -2.48. The number of likely N-dealkylation sites (tertiary alicyclic amines) is 1. The minimum atomic E-state index is -3.02. The quantitative estimate of drug-likeness (QED) is 0.832. The van der Waals surface area contributed by atoms with E-state index in [0.717, 1.165) is 37.2 Å². The number of piperidine rings is 1. The first-order valence-electron chi connectivity index (χ1n) is 8.38. The molecule has 2 aliphatic rings. The number of carbonyl (C=O) groups is 1. The molecule has 0 aromatic carbocycles. The number of sulfone groups is 1. The summed E-state index contributed by atoms with van der Waals surface area (Å²) in [5.41, 5.74) is 2.09. The summed E-state index contributed by atoms with van der Waals surface area (Å²) in [4.78, 5) is 14.7. The molecule has 0 aliphatic carbocycles. The van der Waals surface area contributed by atoms with Gasteiger partial charge in [0.05, 0.1) is 35.7 Å². The molecule has 7 heteroatoms. The molecular formula is C16H25N3O3S. The van der Waals surface area contributed by atoms with Crippen LogP contribution in [0, 0.1) is 19.8 Å². The third kappa shape index (κ3) is 3.59. The topological polar surface area (TPSA) is 72.3 Å². The standard InChI is InChI=1S/C16H25N3O3S/c1-12-9-13(2)19(17-12)10-15-5-3-4-7-18(15)16(20)14-6-8-23(21,22)11-14/h9,14-15H,3-8,10-11H2,1-2H3/t14-,15-/m1/s1. The molecule has 3 heterocycles. The Morgan fingerprint density at radius 1 is 1.30 bits per heavy atom. The fraction of sp³-hybridized carbons (Fsp3) is 0.750. The van der Waals surface area contributed by atoms with Gasteiger partial charge in [0.15, 0.2) is 9.84 Å². The molecule has 1 aromatic rings. The van der Waals surface area contributed by atoms with E-state index in [9.17, 15) is 13.2 Å².